The molecule has 4 nitrogen and oxygen atoms in total. The third-order valence-electron chi connectivity index (χ3n) is 4.37. The van der Waals surface area contributed by atoms with Gasteiger partial charge in [-0.3, -0.25) is 9.59 Å². The van der Waals surface area contributed by atoms with Crippen LogP contribution in [0.1, 0.15) is 15.9 Å². The Balaban J connectivity index is 1.75. The van der Waals surface area contributed by atoms with E-state index in [1.807, 2.05) is 42.5 Å². The summed E-state index contributed by atoms with van der Waals surface area (Å²) in [4.78, 5) is 24.4. The number of primary amides is 1. The number of nitrogens with two attached hydrogens (primary N) is 1. The maximum Gasteiger partial charge on any atom is 0.251 e. The summed E-state index contributed by atoms with van der Waals surface area (Å²) < 4.78 is 0. The molecular formula is C22H18Cl2N2O2. The Morgan fingerprint density at radius 2 is 1.39 bits per heavy atom. The standard InChI is InChI=1S/C22H18Cl2N2O2/c23-18-7-4-8-19(24)17(18)13-20(21(25)27)26-22(28)16-11-9-15(10-12-16)14-5-2-1-3-6-14/h1-12,20H,13H2,(H2,25,27)(H,26,28)/t20-/m1/s1. The van der Waals surface area contributed by atoms with E-state index in [0.29, 0.717) is 21.2 Å². The molecular weight excluding hydrogens is 395 g/mol. The van der Waals surface area contributed by atoms with Crippen LogP contribution in [0.5, 0.6) is 0 Å². The normalized spacial score (nSPS) is 11.6. The molecule has 0 aliphatic carbocycles. The molecule has 142 valence electrons. The maximum atomic E-state index is 12.6. The van der Waals surface area contributed by atoms with E-state index in [-0.39, 0.29) is 6.42 Å². The van der Waals surface area contributed by atoms with Gasteiger partial charge in [0.2, 0.25) is 5.91 Å². The molecule has 1 atom stereocenters. The fraction of sp³-hybridized carbons (Fsp3) is 0.0909. The lowest BCUT2D eigenvalue weighted by molar-refractivity contribution is -0.119. The van der Waals surface area contributed by atoms with Gasteiger partial charge in [0.15, 0.2) is 0 Å². The molecule has 0 unspecified atom stereocenters. The van der Waals surface area contributed by atoms with Crippen molar-refractivity contribution < 1.29 is 9.59 Å². The summed E-state index contributed by atoms with van der Waals surface area (Å²) in [5, 5.41) is 3.50. The van der Waals surface area contributed by atoms with Gasteiger partial charge in [-0.2, -0.15) is 0 Å². The third-order valence-corrected chi connectivity index (χ3v) is 5.08. The van der Waals surface area contributed by atoms with Gasteiger partial charge < -0.3 is 11.1 Å². The monoisotopic (exact) mass is 412 g/mol. The van der Waals surface area contributed by atoms with E-state index in [2.05, 4.69) is 5.32 Å². The topological polar surface area (TPSA) is 72.2 Å². The number of hydrogen-bond acceptors (Lipinski definition) is 2. The number of benzene rings is 3. The average Bonchev–Trinajstić information content (AvgIpc) is 2.70. The molecule has 0 heterocycles. The van der Waals surface area contributed by atoms with E-state index in [9.17, 15) is 9.59 Å². The first kappa shape index (κ1) is 19.9. The molecule has 0 aliphatic rings. The number of halogens is 2. The van der Waals surface area contributed by atoms with Crippen LogP contribution in [-0.4, -0.2) is 17.9 Å². The first-order valence-electron chi connectivity index (χ1n) is 8.64. The molecule has 0 bridgehead atoms. The second-order valence-electron chi connectivity index (χ2n) is 6.28. The number of hydrogen-bond donors (Lipinski definition) is 2. The molecule has 0 spiro atoms. The van der Waals surface area contributed by atoms with Gasteiger partial charge in [0.25, 0.3) is 5.91 Å². The average molecular weight is 413 g/mol. The molecule has 0 saturated heterocycles. The van der Waals surface area contributed by atoms with Crippen LogP contribution in [0, 0.1) is 0 Å². The van der Waals surface area contributed by atoms with Gasteiger partial charge in [-0.1, -0.05) is 71.7 Å². The summed E-state index contributed by atoms with van der Waals surface area (Å²) in [5.41, 5.74) is 8.51. The van der Waals surface area contributed by atoms with Crippen molar-refractivity contribution in [1.82, 2.24) is 5.32 Å². The molecule has 3 rings (SSSR count). The van der Waals surface area contributed by atoms with E-state index >= 15 is 0 Å². The molecule has 28 heavy (non-hydrogen) atoms. The lowest BCUT2D eigenvalue weighted by atomic mass is 10.0. The highest BCUT2D eigenvalue weighted by Crippen LogP contribution is 2.25. The summed E-state index contributed by atoms with van der Waals surface area (Å²) in [6, 6.07) is 21.1. The Bertz CT molecular complexity index is 969. The van der Waals surface area contributed by atoms with E-state index in [4.69, 9.17) is 28.9 Å². The fourth-order valence-corrected chi connectivity index (χ4v) is 3.39. The summed E-state index contributed by atoms with van der Waals surface area (Å²) in [7, 11) is 0. The molecule has 6 heteroatoms. The zero-order valence-electron chi connectivity index (χ0n) is 14.9. The Hall–Kier alpha value is -2.82. The van der Waals surface area contributed by atoms with Crippen molar-refractivity contribution in [2.24, 2.45) is 5.73 Å². The zero-order chi connectivity index (χ0) is 20.1. The number of carbonyl (C=O) groups is 2. The number of amides is 2. The van der Waals surface area contributed by atoms with Crippen molar-refractivity contribution in [1.29, 1.82) is 0 Å². The summed E-state index contributed by atoms with van der Waals surface area (Å²) in [5.74, 6) is -1.06. The smallest absolute Gasteiger partial charge is 0.251 e. The molecule has 0 aromatic heterocycles. The van der Waals surface area contributed by atoms with Gasteiger partial charge in [-0.15, -0.1) is 0 Å². The van der Waals surface area contributed by atoms with E-state index < -0.39 is 17.9 Å². The Kier molecular flexibility index (Phi) is 6.34. The molecule has 0 radical (unpaired) electrons. The van der Waals surface area contributed by atoms with Gasteiger partial charge in [0.1, 0.15) is 6.04 Å². The van der Waals surface area contributed by atoms with Crippen molar-refractivity contribution in [2.75, 3.05) is 0 Å². The van der Waals surface area contributed by atoms with Crippen LogP contribution in [0.15, 0.2) is 72.8 Å². The predicted molar refractivity (Wildman–Crippen MR) is 112 cm³/mol. The minimum atomic E-state index is -0.932. The van der Waals surface area contributed by atoms with Crippen molar-refractivity contribution >= 4 is 35.0 Å². The summed E-state index contributed by atoms with van der Waals surface area (Å²) in [6.07, 6.45) is 0.113. The first-order valence-corrected chi connectivity index (χ1v) is 9.40. The Morgan fingerprint density at radius 1 is 0.821 bits per heavy atom. The number of rotatable bonds is 6. The SMILES string of the molecule is NC(=O)[C@@H](Cc1c(Cl)cccc1Cl)NC(=O)c1ccc(-c2ccccc2)cc1. The van der Waals surface area contributed by atoms with Crippen LogP contribution in [0.2, 0.25) is 10.0 Å². The highest BCUT2D eigenvalue weighted by atomic mass is 35.5. The molecule has 3 N–H and O–H groups in total. The second kappa shape index (κ2) is 8.91. The van der Waals surface area contributed by atoms with E-state index in [0.717, 1.165) is 11.1 Å². The summed E-state index contributed by atoms with van der Waals surface area (Å²) >= 11 is 12.3. The van der Waals surface area contributed by atoms with Gasteiger partial charge >= 0.3 is 0 Å². The first-order chi connectivity index (χ1) is 13.5. The second-order valence-corrected chi connectivity index (χ2v) is 7.09. The van der Waals surface area contributed by atoms with Gasteiger partial charge in [0, 0.05) is 22.0 Å². The Morgan fingerprint density at radius 3 is 1.96 bits per heavy atom. The van der Waals surface area contributed by atoms with Crippen molar-refractivity contribution in [2.45, 2.75) is 12.5 Å². The fourth-order valence-electron chi connectivity index (χ4n) is 2.84. The molecule has 3 aromatic carbocycles. The highest BCUT2D eigenvalue weighted by Gasteiger charge is 2.22. The van der Waals surface area contributed by atoms with Crippen LogP contribution < -0.4 is 11.1 Å². The molecule has 0 fully saturated rings. The molecule has 3 aromatic rings. The summed E-state index contributed by atoms with van der Waals surface area (Å²) in [6.45, 7) is 0. The predicted octanol–water partition coefficient (Wildman–Crippen LogP) is 4.49. The van der Waals surface area contributed by atoms with Gasteiger partial charge in [-0.25, -0.2) is 0 Å². The third kappa shape index (κ3) is 4.71. The quantitative estimate of drug-likeness (QED) is 0.625. The lowest BCUT2D eigenvalue weighted by Crippen LogP contribution is -2.46. The van der Waals surface area contributed by atoms with Crippen LogP contribution in [0.3, 0.4) is 0 Å². The van der Waals surface area contributed by atoms with Crippen LogP contribution in [-0.2, 0) is 11.2 Å². The largest absolute Gasteiger partial charge is 0.368 e. The van der Waals surface area contributed by atoms with Crippen LogP contribution >= 0.6 is 23.2 Å². The minimum Gasteiger partial charge on any atom is -0.368 e. The number of carbonyl (C=O) groups excluding carboxylic acids is 2. The number of nitrogens with one attached hydrogen (secondary N) is 1. The van der Waals surface area contributed by atoms with Crippen molar-refractivity contribution in [3.05, 3.63) is 94.0 Å². The molecule has 0 saturated carbocycles. The molecule has 0 aliphatic heterocycles. The zero-order valence-corrected chi connectivity index (χ0v) is 16.4. The lowest BCUT2D eigenvalue weighted by Gasteiger charge is -2.17. The Labute approximate surface area is 173 Å². The van der Waals surface area contributed by atoms with Crippen molar-refractivity contribution in [3.8, 4) is 11.1 Å². The van der Waals surface area contributed by atoms with Crippen molar-refractivity contribution in [3.63, 3.8) is 0 Å². The minimum absolute atomic E-state index is 0.113. The van der Waals surface area contributed by atoms with Crippen LogP contribution in [0.4, 0.5) is 0 Å². The molecule has 2 amide bonds. The maximum absolute atomic E-state index is 12.6. The highest BCUT2D eigenvalue weighted by molar-refractivity contribution is 6.36. The van der Waals surface area contributed by atoms with E-state index in [1.165, 1.54) is 0 Å². The van der Waals surface area contributed by atoms with Gasteiger partial charge in [0.05, 0.1) is 0 Å². The van der Waals surface area contributed by atoms with Crippen LogP contribution in [0.25, 0.3) is 11.1 Å². The van der Waals surface area contributed by atoms with Gasteiger partial charge in [-0.05, 0) is 41.0 Å². The van der Waals surface area contributed by atoms with E-state index in [1.54, 1.807) is 30.3 Å².